The first kappa shape index (κ1) is 7.53. The number of hydrogen-bond acceptors (Lipinski definition) is 4. The van der Waals surface area contributed by atoms with Crippen LogP contribution in [0.2, 0.25) is 0 Å². The fraction of sp³-hybridized carbons (Fsp3) is 0.800. The van der Waals surface area contributed by atoms with Crippen LogP contribution in [-0.2, 0) is 5.75 Å². The zero-order chi connectivity index (χ0) is 7.56. The van der Waals surface area contributed by atoms with E-state index in [0.29, 0.717) is 11.8 Å². The minimum atomic E-state index is 0.317. The van der Waals surface area contributed by atoms with Crippen molar-refractivity contribution >= 4 is 12.6 Å². The van der Waals surface area contributed by atoms with Gasteiger partial charge in [0.2, 0.25) is 0 Å². The average Bonchev–Trinajstić information content (AvgIpc) is 2.33. The van der Waals surface area contributed by atoms with Gasteiger partial charge in [-0.1, -0.05) is 0 Å². The first-order valence-corrected chi connectivity index (χ1v) is 3.76. The second-order valence-electron chi connectivity index (χ2n) is 2.29. The summed E-state index contributed by atoms with van der Waals surface area (Å²) in [7, 11) is 0. The summed E-state index contributed by atoms with van der Waals surface area (Å²) in [6.45, 7) is 4.06. The van der Waals surface area contributed by atoms with Gasteiger partial charge in [-0.05, 0) is 24.3 Å². The maximum Gasteiger partial charge on any atom is 0.161 e. The Kier molecular flexibility index (Phi) is 2.26. The Bertz CT molecular complexity index is 207. The predicted octanol–water partition coefficient (Wildman–Crippen LogP) is 0.684. The molecule has 10 heavy (non-hydrogen) atoms. The lowest BCUT2D eigenvalue weighted by Crippen LogP contribution is -2.06. The number of thiol groups is 1. The molecule has 0 aromatic carbocycles. The highest BCUT2D eigenvalue weighted by molar-refractivity contribution is 7.79. The molecule has 0 aliphatic heterocycles. The second-order valence-corrected chi connectivity index (χ2v) is 2.61. The maximum absolute atomic E-state index is 4.08. The highest BCUT2D eigenvalue weighted by Gasteiger charge is 2.05. The van der Waals surface area contributed by atoms with Crippen LogP contribution in [0.1, 0.15) is 25.7 Å². The Morgan fingerprint density at radius 1 is 1.60 bits per heavy atom. The standard InChI is InChI=1S/C5H10N4S/c1-4(2)9-5(3-10)6-7-8-9/h4,10H,3H2,1-2H3. The molecular formula is C5H10N4S. The molecule has 0 atom stereocenters. The zero-order valence-corrected chi connectivity index (χ0v) is 6.91. The van der Waals surface area contributed by atoms with Gasteiger partial charge in [0.1, 0.15) is 0 Å². The Balaban J connectivity index is 2.90. The van der Waals surface area contributed by atoms with Crippen LogP contribution in [0, 0.1) is 0 Å². The number of rotatable bonds is 2. The molecule has 0 spiro atoms. The first-order chi connectivity index (χ1) is 4.75. The Labute approximate surface area is 65.0 Å². The van der Waals surface area contributed by atoms with E-state index in [1.807, 2.05) is 13.8 Å². The smallest absolute Gasteiger partial charge is 0.161 e. The minimum Gasteiger partial charge on any atom is -0.226 e. The quantitative estimate of drug-likeness (QED) is 0.644. The van der Waals surface area contributed by atoms with Gasteiger partial charge in [-0.25, -0.2) is 4.68 Å². The summed E-state index contributed by atoms with van der Waals surface area (Å²) in [6, 6.07) is 0.317. The molecule has 0 aliphatic rings. The van der Waals surface area contributed by atoms with Crippen molar-refractivity contribution in [1.82, 2.24) is 20.2 Å². The lowest BCUT2D eigenvalue weighted by Gasteiger charge is -2.04. The largest absolute Gasteiger partial charge is 0.226 e. The molecule has 0 saturated carbocycles. The van der Waals surface area contributed by atoms with Gasteiger partial charge in [-0.15, -0.1) is 5.10 Å². The van der Waals surface area contributed by atoms with Gasteiger partial charge in [0.25, 0.3) is 0 Å². The van der Waals surface area contributed by atoms with Gasteiger partial charge in [0, 0.05) is 0 Å². The summed E-state index contributed by atoms with van der Waals surface area (Å²) in [6.07, 6.45) is 0. The summed E-state index contributed by atoms with van der Waals surface area (Å²) in [5.41, 5.74) is 0. The van der Waals surface area contributed by atoms with Gasteiger partial charge in [-0.3, -0.25) is 0 Å². The SMILES string of the molecule is CC(C)n1nnnc1CS. The van der Waals surface area contributed by atoms with E-state index in [4.69, 9.17) is 0 Å². The Morgan fingerprint density at radius 2 is 2.30 bits per heavy atom. The molecule has 56 valence electrons. The Morgan fingerprint density at radius 3 is 2.70 bits per heavy atom. The summed E-state index contributed by atoms with van der Waals surface area (Å²) < 4.78 is 1.76. The predicted molar refractivity (Wildman–Crippen MR) is 40.9 cm³/mol. The van der Waals surface area contributed by atoms with E-state index in [9.17, 15) is 0 Å². The topological polar surface area (TPSA) is 43.6 Å². The highest BCUT2D eigenvalue weighted by atomic mass is 32.1. The van der Waals surface area contributed by atoms with Gasteiger partial charge < -0.3 is 0 Å². The van der Waals surface area contributed by atoms with Crippen molar-refractivity contribution in [3.05, 3.63) is 5.82 Å². The molecule has 0 aliphatic carbocycles. The van der Waals surface area contributed by atoms with E-state index < -0.39 is 0 Å². The summed E-state index contributed by atoms with van der Waals surface area (Å²) in [5.74, 6) is 1.41. The summed E-state index contributed by atoms with van der Waals surface area (Å²) in [4.78, 5) is 0. The van der Waals surface area contributed by atoms with Crippen LogP contribution in [-0.4, -0.2) is 20.2 Å². The lowest BCUT2D eigenvalue weighted by atomic mass is 10.4. The monoisotopic (exact) mass is 158 g/mol. The van der Waals surface area contributed by atoms with Crippen molar-refractivity contribution in [2.45, 2.75) is 25.6 Å². The van der Waals surface area contributed by atoms with Gasteiger partial charge in [-0.2, -0.15) is 12.6 Å². The van der Waals surface area contributed by atoms with Crippen LogP contribution in [0.4, 0.5) is 0 Å². The molecule has 4 nitrogen and oxygen atoms in total. The van der Waals surface area contributed by atoms with Gasteiger partial charge in [0.15, 0.2) is 5.82 Å². The molecule has 0 N–H and O–H groups in total. The third-order valence-corrected chi connectivity index (χ3v) is 1.47. The summed E-state index contributed by atoms with van der Waals surface area (Å²) >= 11 is 4.08. The van der Waals surface area contributed by atoms with Crippen molar-refractivity contribution in [1.29, 1.82) is 0 Å². The fourth-order valence-corrected chi connectivity index (χ4v) is 0.926. The number of tetrazole rings is 1. The van der Waals surface area contributed by atoms with Crippen LogP contribution >= 0.6 is 12.6 Å². The lowest BCUT2D eigenvalue weighted by molar-refractivity contribution is 0.501. The minimum absolute atomic E-state index is 0.317. The van der Waals surface area contributed by atoms with E-state index in [2.05, 4.69) is 28.2 Å². The molecule has 0 fully saturated rings. The second kappa shape index (κ2) is 3.01. The third-order valence-electron chi connectivity index (χ3n) is 1.19. The fourth-order valence-electron chi connectivity index (χ4n) is 0.718. The van der Waals surface area contributed by atoms with E-state index >= 15 is 0 Å². The van der Waals surface area contributed by atoms with Crippen molar-refractivity contribution < 1.29 is 0 Å². The molecule has 0 bridgehead atoms. The molecule has 0 unspecified atom stereocenters. The van der Waals surface area contributed by atoms with Crippen LogP contribution in [0.5, 0.6) is 0 Å². The van der Waals surface area contributed by atoms with Crippen LogP contribution in [0.25, 0.3) is 0 Å². The molecule has 1 aromatic heterocycles. The first-order valence-electron chi connectivity index (χ1n) is 3.13. The molecule has 1 heterocycles. The molecule has 0 saturated heterocycles. The molecule has 0 radical (unpaired) electrons. The molecule has 1 rings (SSSR count). The van der Waals surface area contributed by atoms with Crippen molar-refractivity contribution in [3.8, 4) is 0 Å². The molecular weight excluding hydrogens is 148 g/mol. The molecule has 0 amide bonds. The van der Waals surface area contributed by atoms with Gasteiger partial charge >= 0.3 is 0 Å². The number of nitrogens with zero attached hydrogens (tertiary/aromatic N) is 4. The number of hydrogen-bond donors (Lipinski definition) is 1. The molecule has 5 heteroatoms. The van der Waals surface area contributed by atoms with Gasteiger partial charge in [0.05, 0.1) is 11.8 Å². The van der Waals surface area contributed by atoms with E-state index in [1.54, 1.807) is 4.68 Å². The third kappa shape index (κ3) is 1.29. The summed E-state index contributed by atoms with van der Waals surface area (Å²) in [5, 5.41) is 11.1. The van der Waals surface area contributed by atoms with Crippen LogP contribution in [0.3, 0.4) is 0 Å². The van der Waals surface area contributed by atoms with Crippen molar-refractivity contribution in [2.24, 2.45) is 0 Å². The average molecular weight is 158 g/mol. The highest BCUT2D eigenvalue weighted by Crippen LogP contribution is 2.04. The Hall–Kier alpha value is -0.580. The number of aromatic nitrogens is 4. The van der Waals surface area contributed by atoms with Crippen molar-refractivity contribution in [2.75, 3.05) is 0 Å². The van der Waals surface area contributed by atoms with Crippen LogP contribution < -0.4 is 0 Å². The van der Waals surface area contributed by atoms with Crippen molar-refractivity contribution in [3.63, 3.8) is 0 Å². The van der Waals surface area contributed by atoms with E-state index in [0.717, 1.165) is 5.82 Å². The van der Waals surface area contributed by atoms with E-state index in [-0.39, 0.29) is 0 Å². The normalized spacial score (nSPS) is 10.8. The van der Waals surface area contributed by atoms with Crippen LogP contribution in [0.15, 0.2) is 0 Å². The zero-order valence-electron chi connectivity index (χ0n) is 6.02. The molecule has 1 aromatic rings. The van der Waals surface area contributed by atoms with E-state index in [1.165, 1.54) is 0 Å². The maximum atomic E-state index is 4.08.